The van der Waals surface area contributed by atoms with Gasteiger partial charge in [0.15, 0.2) is 5.82 Å². The maximum atomic E-state index is 10.2. The minimum absolute atomic E-state index is 0.722. The molecule has 1 fully saturated rings. The molecule has 0 radical (unpaired) electrons. The van der Waals surface area contributed by atoms with Gasteiger partial charge in [-0.2, -0.15) is 16.9 Å². The van der Waals surface area contributed by atoms with E-state index in [4.69, 9.17) is 0 Å². The van der Waals surface area contributed by atoms with E-state index in [1.807, 2.05) is 6.92 Å². The summed E-state index contributed by atoms with van der Waals surface area (Å²) in [5.74, 6) is 2.47. The van der Waals surface area contributed by atoms with Crippen LogP contribution in [0.5, 0.6) is 0 Å². The molecule has 1 saturated heterocycles. The van der Waals surface area contributed by atoms with Crippen LogP contribution in [-0.2, 0) is 12.1 Å². The van der Waals surface area contributed by atoms with Crippen LogP contribution in [0.3, 0.4) is 0 Å². The van der Waals surface area contributed by atoms with Crippen molar-refractivity contribution in [2.24, 2.45) is 0 Å². The van der Waals surface area contributed by atoms with Crippen molar-refractivity contribution in [3.05, 3.63) is 12.2 Å². The summed E-state index contributed by atoms with van der Waals surface area (Å²) in [6.07, 6.45) is 2.30. The van der Waals surface area contributed by atoms with Crippen LogP contribution in [0.15, 0.2) is 6.33 Å². The van der Waals surface area contributed by atoms with Crippen LogP contribution in [0.4, 0.5) is 0 Å². The summed E-state index contributed by atoms with van der Waals surface area (Å²) in [7, 11) is 0. The number of aromatic nitrogens is 3. The van der Waals surface area contributed by atoms with E-state index in [1.165, 1.54) is 6.33 Å². The molecule has 0 amide bonds. The Morgan fingerprint density at radius 2 is 2.62 bits per heavy atom. The Morgan fingerprint density at radius 1 is 1.77 bits per heavy atom. The number of rotatable bonds is 2. The van der Waals surface area contributed by atoms with Gasteiger partial charge in [0.1, 0.15) is 11.9 Å². The van der Waals surface area contributed by atoms with Gasteiger partial charge < -0.3 is 5.11 Å². The second kappa shape index (κ2) is 3.31. The number of aryl methyl sites for hydroxylation is 1. The molecule has 2 heterocycles. The Bertz CT molecular complexity index is 293. The van der Waals surface area contributed by atoms with Crippen molar-refractivity contribution in [3.8, 4) is 0 Å². The van der Waals surface area contributed by atoms with Crippen LogP contribution in [-0.4, -0.2) is 31.4 Å². The van der Waals surface area contributed by atoms with Crippen LogP contribution < -0.4 is 0 Å². The molecule has 1 atom stereocenters. The molecule has 0 aromatic carbocycles. The highest BCUT2D eigenvalue weighted by atomic mass is 32.2. The largest absolute Gasteiger partial charge is 0.381 e. The molecule has 1 aromatic heterocycles. The molecule has 4 nitrogen and oxygen atoms in total. The molecule has 72 valence electrons. The lowest BCUT2D eigenvalue weighted by atomic mass is 10.0. The fraction of sp³-hybridized carbons (Fsp3) is 0.750. The van der Waals surface area contributed by atoms with Gasteiger partial charge in [0, 0.05) is 12.3 Å². The zero-order valence-corrected chi connectivity index (χ0v) is 8.42. The normalized spacial score (nSPS) is 28.2. The molecule has 1 aliphatic heterocycles. The van der Waals surface area contributed by atoms with Gasteiger partial charge in [-0.25, -0.2) is 9.67 Å². The third kappa shape index (κ3) is 1.46. The van der Waals surface area contributed by atoms with Crippen LogP contribution in [0.1, 0.15) is 19.2 Å². The molecule has 5 heteroatoms. The van der Waals surface area contributed by atoms with Gasteiger partial charge >= 0.3 is 0 Å². The average Bonchev–Trinajstić information content (AvgIpc) is 2.72. The summed E-state index contributed by atoms with van der Waals surface area (Å²) in [5, 5.41) is 14.3. The van der Waals surface area contributed by atoms with Gasteiger partial charge in [-0.05, 0) is 19.1 Å². The van der Waals surface area contributed by atoms with Gasteiger partial charge in [-0.1, -0.05) is 0 Å². The van der Waals surface area contributed by atoms with Gasteiger partial charge in [0.05, 0.1) is 0 Å². The van der Waals surface area contributed by atoms with E-state index >= 15 is 0 Å². The van der Waals surface area contributed by atoms with E-state index in [9.17, 15) is 5.11 Å². The van der Waals surface area contributed by atoms with Gasteiger partial charge in [0.25, 0.3) is 0 Å². The number of nitrogens with zero attached hydrogens (tertiary/aromatic N) is 3. The Kier molecular flexibility index (Phi) is 2.29. The van der Waals surface area contributed by atoms with Crippen molar-refractivity contribution in [2.45, 2.75) is 25.5 Å². The molecule has 1 unspecified atom stereocenters. The molecule has 1 aromatic rings. The van der Waals surface area contributed by atoms with Crippen LogP contribution in [0.25, 0.3) is 0 Å². The Labute approximate surface area is 81.4 Å². The molecule has 13 heavy (non-hydrogen) atoms. The third-order valence-electron chi connectivity index (χ3n) is 2.33. The van der Waals surface area contributed by atoms with Crippen molar-refractivity contribution in [1.82, 2.24) is 14.8 Å². The lowest BCUT2D eigenvalue weighted by Gasteiger charge is -2.20. The van der Waals surface area contributed by atoms with Crippen molar-refractivity contribution in [2.75, 3.05) is 11.5 Å². The molecule has 1 aliphatic rings. The van der Waals surface area contributed by atoms with E-state index < -0.39 is 5.60 Å². The predicted octanol–water partition coefficient (Wildman–Crippen LogP) is 0.623. The van der Waals surface area contributed by atoms with E-state index in [0.29, 0.717) is 0 Å². The Morgan fingerprint density at radius 3 is 3.23 bits per heavy atom. The zero-order chi connectivity index (χ0) is 9.31. The fourth-order valence-electron chi connectivity index (χ4n) is 1.59. The molecule has 0 bridgehead atoms. The summed E-state index contributed by atoms with van der Waals surface area (Å²) in [6, 6.07) is 0. The second-order valence-corrected chi connectivity index (χ2v) is 4.34. The van der Waals surface area contributed by atoms with E-state index in [0.717, 1.165) is 30.3 Å². The highest BCUT2D eigenvalue weighted by molar-refractivity contribution is 7.99. The Hall–Kier alpha value is -0.550. The molecule has 0 spiro atoms. The van der Waals surface area contributed by atoms with Crippen molar-refractivity contribution in [1.29, 1.82) is 0 Å². The standard InChI is InChI=1S/C8H13N3OS/c1-2-11-7(9-6-10-11)8(12)3-4-13-5-8/h6,12H,2-5H2,1H3. The quantitative estimate of drug-likeness (QED) is 0.758. The highest BCUT2D eigenvalue weighted by Crippen LogP contribution is 2.35. The van der Waals surface area contributed by atoms with Gasteiger partial charge in [-0.3, -0.25) is 0 Å². The monoisotopic (exact) mass is 199 g/mol. The van der Waals surface area contributed by atoms with Gasteiger partial charge in [0.2, 0.25) is 0 Å². The third-order valence-corrected chi connectivity index (χ3v) is 3.51. The molecular formula is C8H13N3OS. The van der Waals surface area contributed by atoms with Crippen molar-refractivity contribution in [3.63, 3.8) is 0 Å². The minimum atomic E-state index is -0.739. The highest BCUT2D eigenvalue weighted by Gasteiger charge is 2.37. The predicted molar refractivity (Wildman–Crippen MR) is 51.5 cm³/mol. The summed E-state index contributed by atoms with van der Waals surface area (Å²) in [6.45, 7) is 2.77. The average molecular weight is 199 g/mol. The Balaban J connectivity index is 2.32. The maximum Gasteiger partial charge on any atom is 0.159 e. The number of hydrogen-bond donors (Lipinski definition) is 1. The number of hydrogen-bond acceptors (Lipinski definition) is 4. The topological polar surface area (TPSA) is 50.9 Å². The van der Waals surface area contributed by atoms with Gasteiger partial charge in [-0.15, -0.1) is 0 Å². The summed E-state index contributed by atoms with van der Waals surface area (Å²) < 4.78 is 1.77. The molecule has 1 N–H and O–H groups in total. The zero-order valence-electron chi connectivity index (χ0n) is 7.60. The van der Waals surface area contributed by atoms with Crippen LogP contribution >= 0.6 is 11.8 Å². The molecule has 2 rings (SSSR count). The first kappa shape index (κ1) is 9.02. The molecule has 0 aliphatic carbocycles. The SMILES string of the molecule is CCn1ncnc1C1(O)CCSC1. The minimum Gasteiger partial charge on any atom is -0.381 e. The number of thioether (sulfide) groups is 1. The van der Waals surface area contributed by atoms with E-state index in [1.54, 1.807) is 16.4 Å². The second-order valence-electron chi connectivity index (χ2n) is 3.23. The molecular weight excluding hydrogens is 186 g/mol. The first-order valence-corrected chi connectivity index (χ1v) is 5.60. The maximum absolute atomic E-state index is 10.2. The van der Waals surface area contributed by atoms with Crippen LogP contribution in [0.2, 0.25) is 0 Å². The van der Waals surface area contributed by atoms with Crippen molar-refractivity contribution >= 4 is 11.8 Å². The summed E-state index contributed by atoms with van der Waals surface area (Å²) >= 11 is 1.77. The molecule has 0 saturated carbocycles. The fourth-order valence-corrected chi connectivity index (χ4v) is 2.82. The number of aliphatic hydroxyl groups is 1. The first-order chi connectivity index (χ1) is 6.26. The lowest BCUT2D eigenvalue weighted by Crippen LogP contribution is -2.29. The first-order valence-electron chi connectivity index (χ1n) is 4.45. The van der Waals surface area contributed by atoms with Crippen molar-refractivity contribution < 1.29 is 5.11 Å². The summed E-state index contributed by atoms with van der Waals surface area (Å²) in [4.78, 5) is 4.13. The summed E-state index contributed by atoms with van der Waals surface area (Å²) in [5.41, 5.74) is -0.739. The van der Waals surface area contributed by atoms with E-state index in [-0.39, 0.29) is 0 Å². The van der Waals surface area contributed by atoms with E-state index in [2.05, 4.69) is 10.1 Å². The van der Waals surface area contributed by atoms with Crippen LogP contribution in [0, 0.1) is 0 Å². The smallest absolute Gasteiger partial charge is 0.159 e. The lowest BCUT2D eigenvalue weighted by molar-refractivity contribution is 0.0513.